The van der Waals surface area contributed by atoms with E-state index in [9.17, 15) is 4.79 Å². The summed E-state index contributed by atoms with van der Waals surface area (Å²) in [7, 11) is 0. The van der Waals surface area contributed by atoms with Gasteiger partial charge in [0.25, 0.3) is 0 Å². The molecule has 25 heavy (non-hydrogen) atoms. The molecule has 1 aliphatic rings. The average Bonchev–Trinajstić information content (AvgIpc) is 2.70. The molecule has 1 fully saturated rings. The Balaban J connectivity index is 2.04. The molecule has 0 aliphatic carbocycles. The third-order valence-electron chi connectivity index (χ3n) is 5.27. The van der Waals surface area contributed by atoms with Crippen molar-refractivity contribution in [2.24, 2.45) is 0 Å². The van der Waals surface area contributed by atoms with E-state index in [-0.39, 0.29) is 6.04 Å². The number of hydrogen-bond acceptors (Lipinski definition) is 2. The lowest BCUT2D eigenvalue weighted by Crippen LogP contribution is -2.65. The lowest BCUT2D eigenvalue weighted by molar-refractivity contribution is -0.140. The Kier molecular flexibility index (Phi) is 3.98. The van der Waals surface area contributed by atoms with Crippen molar-refractivity contribution in [2.75, 3.05) is 6.54 Å². The maximum Gasteiger partial charge on any atom is 0.163 e. The van der Waals surface area contributed by atoms with Crippen molar-refractivity contribution >= 4 is 5.78 Å². The van der Waals surface area contributed by atoms with Gasteiger partial charge in [-0.05, 0) is 23.6 Å². The fourth-order valence-electron chi connectivity index (χ4n) is 3.94. The Labute approximate surface area is 148 Å². The van der Waals surface area contributed by atoms with Crippen molar-refractivity contribution in [1.29, 1.82) is 0 Å². The van der Waals surface area contributed by atoms with Crippen molar-refractivity contribution in [3.63, 3.8) is 0 Å². The number of likely N-dealkylation sites (tertiary alicyclic amines) is 1. The van der Waals surface area contributed by atoms with Gasteiger partial charge in [-0.3, -0.25) is 9.69 Å². The van der Waals surface area contributed by atoms with Gasteiger partial charge in [0.1, 0.15) is 0 Å². The van der Waals surface area contributed by atoms with Crippen LogP contribution in [0.1, 0.15) is 23.6 Å². The smallest absolute Gasteiger partial charge is 0.163 e. The molecule has 0 N–H and O–H groups in total. The molecular formula is C23H21NO. The lowest BCUT2D eigenvalue weighted by Gasteiger charge is -2.52. The Morgan fingerprint density at radius 1 is 0.720 bits per heavy atom. The average molecular weight is 327 g/mol. The third-order valence-corrected chi connectivity index (χ3v) is 5.27. The standard InChI is InChI=1S/C23H21NO/c1-18-22(25)17-24(18)23(19-11-5-2-6-12-19,20-13-7-3-8-14-20)21-15-9-4-10-16-21/h2-16,18H,17H2,1H3. The van der Waals surface area contributed by atoms with Crippen molar-refractivity contribution < 1.29 is 4.79 Å². The predicted molar refractivity (Wildman–Crippen MR) is 100 cm³/mol. The van der Waals surface area contributed by atoms with E-state index in [1.54, 1.807) is 0 Å². The molecule has 0 spiro atoms. The maximum absolute atomic E-state index is 12.1. The second-order valence-electron chi connectivity index (χ2n) is 6.58. The number of hydrogen-bond donors (Lipinski definition) is 0. The molecule has 0 radical (unpaired) electrons. The zero-order chi connectivity index (χ0) is 17.3. The third kappa shape index (κ3) is 2.41. The molecular weight excluding hydrogens is 306 g/mol. The number of rotatable bonds is 4. The van der Waals surface area contributed by atoms with Crippen LogP contribution < -0.4 is 0 Å². The lowest BCUT2D eigenvalue weighted by atomic mass is 9.72. The van der Waals surface area contributed by atoms with Gasteiger partial charge in [0.2, 0.25) is 0 Å². The predicted octanol–water partition coefficient (Wildman–Crippen LogP) is 4.25. The van der Waals surface area contributed by atoms with Crippen LogP contribution in [-0.2, 0) is 10.3 Å². The van der Waals surface area contributed by atoms with Gasteiger partial charge < -0.3 is 0 Å². The van der Waals surface area contributed by atoms with Gasteiger partial charge in [-0.15, -0.1) is 0 Å². The summed E-state index contributed by atoms with van der Waals surface area (Å²) in [5.41, 5.74) is 3.10. The number of carbonyl (C=O) groups excluding carboxylic acids is 1. The van der Waals surface area contributed by atoms with Gasteiger partial charge in [0, 0.05) is 0 Å². The molecule has 2 heteroatoms. The first kappa shape index (κ1) is 15.8. The van der Waals surface area contributed by atoms with Crippen LogP contribution in [0.4, 0.5) is 0 Å². The molecule has 2 nitrogen and oxygen atoms in total. The number of Topliss-reactive ketones (excluding diaryl/α,β-unsaturated/α-hetero) is 1. The largest absolute Gasteiger partial charge is 0.296 e. The van der Waals surface area contributed by atoms with E-state index in [1.807, 2.05) is 25.1 Å². The minimum Gasteiger partial charge on any atom is -0.296 e. The van der Waals surface area contributed by atoms with Gasteiger partial charge >= 0.3 is 0 Å². The molecule has 1 unspecified atom stereocenters. The van der Waals surface area contributed by atoms with E-state index < -0.39 is 5.54 Å². The first-order chi connectivity index (χ1) is 12.2. The van der Waals surface area contributed by atoms with Crippen LogP contribution >= 0.6 is 0 Å². The summed E-state index contributed by atoms with van der Waals surface area (Å²) in [6.45, 7) is 2.48. The molecule has 3 aromatic carbocycles. The number of ketones is 1. The summed E-state index contributed by atoms with van der Waals surface area (Å²) < 4.78 is 0. The van der Waals surface area contributed by atoms with Crippen LogP contribution in [-0.4, -0.2) is 23.3 Å². The first-order valence-electron chi connectivity index (χ1n) is 8.70. The first-order valence-corrected chi connectivity index (χ1v) is 8.70. The Hall–Kier alpha value is -2.71. The van der Waals surface area contributed by atoms with E-state index in [2.05, 4.69) is 77.7 Å². The van der Waals surface area contributed by atoms with Crippen LogP contribution in [0.3, 0.4) is 0 Å². The van der Waals surface area contributed by atoms with E-state index in [0.717, 1.165) is 0 Å². The zero-order valence-corrected chi connectivity index (χ0v) is 14.3. The summed E-state index contributed by atoms with van der Waals surface area (Å²) in [5, 5.41) is 0. The number of benzene rings is 3. The van der Waals surface area contributed by atoms with E-state index in [0.29, 0.717) is 12.3 Å². The molecule has 1 saturated heterocycles. The van der Waals surface area contributed by atoms with E-state index >= 15 is 0 Å². The van der Waals surface area contributed by atoms with Crippen LogP contribution in [0.5, 0.6) is 0 Å². The molecule has 124 valence electrons. The molecule has 4 rings (SSSR count). The molecule has 0 saturated carbocycles. The number of carbonyl (C=O) groups is 1. The van der Waals surface area contributed by atoms with Crippen molar-refractivity contribution in [3.05, 3.63) is 108 Å². The highest BCUT2D eigenvalue weighted by molar-refractivity contribution is 5.91. The summed E-state index contributed by atoms with van der Waals surface area (Å²) in [6, 6.07) is 31.4. The highest BCUT2D eigenvalue weighted by Gasteiger charge is 2.50. The minimum atomic E-state index is -0.461. The summed E-state index contributed by atoms with van der Waals surface area (Å²) in [4.78, 5) is 14.5. The summed E-state index contributed by atoms with van der Waals surface area (Å²) in [6.07, 6.45) is 0. The second-order valence-corrected chi connectivity index (χ2v) is 6.58. The molecule has 1 heterocycles. The van der Waals surface area contributed by atoms with Gasteiger partial charge in [0.15, 0.2) is 5.78 Å². The zero-order valence-electron chi connectivity index (χ0n) is 14.3. The van der Waals surface area contributed by atoms with Crippen molar-refractivity contribution in [3.8, 4) is 0 Å². The summed E-state index contributed by atoms with van der Waals surface area (Å²) >= 11 is 0. The Bertz CT molecular complexity index is 762. The molecule has 1 atom stereocenters. The van der Waals surface area contributed by atoms with E-state index in [1.165, 1.54) is 16.7 Å². The minimum absolute atomic E-state index is 0.0966. The van der Waals surface area contributed by atoms with Crippen LogP contribution in [0.2, 0.25) is 0 Å². The quantitative estimate of drug-likeness (QED) is 0.668. The maximum atomic E-state index is 12.1. The molecule has 0 amide bonds. The topological polar surface area (TPSA) is 20.3 Å². The number of nitrogens with zero attached hydrogens (tertiary/aromatic N) is 1. The molecule has 0 bridgehead atoms. The van der Waals surface area contributed by atoms with Crippen molar-refractivity contribution in [2.45, 2.75) is 18.5 Å². The van der Waals surface area contributed by atoms with Gasteiger partial charge in [-0.25, -0.2) is 0 Å². The molecule has 1 aliphatic heterocycles. The Morgan fingerprint density at radius 3 is 1.36 bits per heavy atom. The fraction of sp³-hybridized carbons (Fsp3) is 0.174. The Morgan fingerprint density at radius 2 is 1.08 bits per heavy atom. The highest BCUT2D eigenvalue weighted by atomic mass is 16.1. The van der Waals surface area contributed by atoms with Crippen LogP contribution in [0, 0.1) is 0 Å². The normalized spacial score (nSPS) is 18.0. The molecule has 0 aromatic heterocycles. The van der Waals surface area contributed by atoms with Crippen molar-refractivity contribution in [1.82, 2.24) is 4.90 Å². The van der Waals surface area contributed by atoms with Crippen LogP contribution in [0.15, 0.2) is 91.0 Å². The SMILES string of the molecule is CC1C(=O)CN1C(c1ccccc1)(c1ccccc1)c1ccccc1. The second kappa shape index (κ2) is 6.30. The van der Waals surface area contributed by atoms with E-state index in [4.69, 9.17) is 0 Å². The van der Waals surface area contributed by atoms with Gasteiger partial charge in [0.05, 0.1) is 18.1 Å². The monoisotopic (exact) mass is 327 g/mol. The van der Waals surface area contributed by atoms with Crippen LogP contribution in [0.25, 0.3) is 0 Å². The fourth-order valence-corrected chi connectivity index (χ4v) is 3.94. The van der Waals surface area contributed by atoms with Gasteiger partial charge in [-0.1, -0.05) is 91.0 Å². The highest BCUT2D eigenvalue weighted by Crippen LogP contribution is 2.45. The summed E-state index contributed by atoms with van der Waals surface area (Å²) in [5.74, 6) is 0.298. The molecule has 3 aromatic rings. The van der Waals surface area contributed by atoms with Gasteiger partial charge in [-0.2, -0.15) is 0 Å².